The van der Waals surface area contributed by atoms with Crippen molar-refractivity contribution in [3.8, 4) is 0 Å². The molecule has 0 spiro atoms. The molecule has 7 heteroatoms. The van der Waals surface area contributed by atoms with Crippen LogP contribution in [-0.2, 0) is 11.3 Å². The minimum atomic E-state index is -0.583. The molecular weight excluding hydrogens is 360 g/mol. The lowest BCUT2D eigenvalue weighted by atomic mass is 10.1. The number of nitrogens with one attached hydrogen (secondary N) is 1. The van der Waals surface area contributed by atoms with Crippen molar-refractivity contribution in [3.05, 3.63) is 106 Å². The Bertz CT molecular complexity index is 984. The van der Waals surface area contributed by atoms with E-state index in [1.165, 1.54) is 24.3 Å². The molecule has 0 aliphatic rings. The van der Waals surface area contributed by atoms with E-state index in [-0.39, 0.29) is 23.8 Å². The summed E-state index contributed by atoms with van der Waals surface area (Å²) in [5, 5.41) is 13.4. The van der Waals surface area contributed by atoms with Gasteiger partial charge in [0.05, 0.1) is 10.5 Å². The van der Waals surface area contributed by atoms with Gasteiger partial charge in [-0.05, 0) is 42.0 Å². The van der Waals surface area contributed by atoms with Gasteiger partial charge in [-0.1, -0.05) is 30.3 Å². The number of rotatable bonds is 6. The average molecular weight is 376 g/mol. The zero-order chi connectivity index (χ0) is 19.9. The van der Waals surface area contributed by atoms with Gasteiger partial charge in [0.25, 0.3) is 11.6 Å². The zero-order valence-electron chi connectivity index (χ0n) is 14.7. The summed E-state index contributed by atoms with van der Waals surface area (Å²) in [7, 11) is 0. The van der Waals surface area contributed by atoms with Crippen molar-refractivity contribution < 1.29 is 19.2 Å². The third kappa shape index (κ3) is 4.79. The number of amides is 1. The number of hydrogen-bond acceptors (Lipinski definition) is 5. The van der Waals surface area contributed by atoms with Gasteiger partial charge in [-0.25, -0.2) is 4.79 Å². The van der Waals surface area contributed by atoms with Crippen LogP contribution in [0.1, 0.15) is 26.3 Å². The van der Waals surface area contributed by atoms with Crippen LogP contribution in [0.3, 0.4) is 0 Å². The van der Waals surface area contributed by atoms with Crippen LogP contribution < -0.4 is 5.32 Å². The minimum Gasteiger partial charge on any atom is -0.457 e. The number of carbonyl (C=O) groups excluding carboxylic acids is 2. The molecule has 140 valence electrons. The van der Waals surface area contributed by atoms with Crippen molar-refractivity contribution in [2.75, 3.05) is 5.32 Å². The van der Waals surface area contributed by atoms with Crippen LogP contribution in [0, 0.1) is 10.1 Å². The molecule has 3 rings (SSSR count). The molecule has 0 atom stereocenters. The summed E-state index contributed by atoms with van der Waals surface area (Å²) in [6, 6.07) is 21.0. The smallest absolute Gasteiger partial charge is 0.338 e. The summed E-state index contributed by atoms with van der Waals surface area (Å²) < 4.78 is 5.20. The molecule has 0 bridgehead atoms. The van der Waals surface area contributed by atoms with E-state index < -0.39 is 10.9 Å². The summed E-state index contributed by atoms with van der Waals surface area (Å²) in [6.45, 7) is 0.0242. The maximum absolute atomic E-state index is 12.2. The Morgan fingerprint density at radius 2 is 1.46 bits per heavy atom. The van der Waals surface area contributed by atoms with E-state index in [0.717, 1.165) is 0 Å². The average Bonchev–Trinajstić information content (AvgIpc) is 2.73. The Labute approximate surface area is 160 Å². The standard InChI is InChI=1S/C21H16N2O5/c24-20(22-18-4-2-1-3-5-18)16-8-6-15(7-9-16)14-28-21(25)17-10-12-19(13-11-17)23(26)27/h1-13H,14H2,(H,22,24). The molecule has 3 aromatic rings. The van der Waals surface area contributed by atoms with Crippen LogP contribution in [0.15, 0.2) is 78.9 Å². The van der Waals surface area contributed by atoms with Crippen LogP contribution in [-0.4, -0.2) is 16.8 Å². The van der Waals surface area contributed by atoms with E-state index >= 15 is 0 Å². The van der Waals surface area contributed by atoms with Crippen molar-refractivity contribution in [3.63, 3.8) is 0 Å². The van der Waals surface area contributed by atoms with Gasteiger partial charge in [-0.2, -0.15) is 0 Å². The maximum Gasteiger partial charge on any atom is 0.338 e. The number of benzene rings is 3. The molecule has 0 aliphatic heterocycles. The highest BCUT2D eigenvalue weighted by Crippen LogP contribution is 2.14. The molecule has 0 saturated carbocycles. The second kappa shape index (κ2) is 8.59. The van der Waals surface area contributed by atoms with Crippen LogP contribution in [0.25, 0.3) is 0 Å². The fraction of sp³-hybridized carbons (Fsp3) is 0.0476. The zero-order valence-corrected chi connectivity index (χ0v) is 14.7. The van der Waals surface area contributed by atoms with Gasteiger partial charge in [-0.15, -0.1) is 0 Å². The minimum absolute atomic E-state index is 0.0242. The number of carbonyl (C=O) groups is 2. The Morgan fingerprint density at radius 3 is 2.07 bits per heavy atom. The lowest BCUT2D eigenvalue weighted by Crippen LogP contribution is -2.11. The lowest BCUT2D eigenvalue weighted by Gasteiger charge is -2.07. The Kier molecular flexibility index (Phi) is 5.76. The topological polar surface area (TPSA) is 98.5 Å². The number of nitro benzene ring substituents is 1. The number of hydrogen-bond donors (Lipinski definition) is 1. The van der Waals surface area contributed by atoms with Crippen molar-refractivity contribution in [2.45, 2.75) is 6.61 Å². The molecule has 1 N–H and O–H groups in total. The van der Waals surface area contributed by atoms with Crippen LogP contribution >= 0.6 is 0 Å². The highest BCUT2D eigenvalue weighted by molar-refractivity contribution is 6.04. The molecule has 0 fully saturated rings. The first kappa shape index (κ1) is 18.8. The maximum atomic E-state index is 12.2. The Hall–Kier alpha value is -4.00. The fourth-order valence-corrected chi connectivity index (χ4v) is 2.43. The van der Waals surface area contributed by atoms with Crippen molar-refractivity contribution in [1.82, 2.24) is 0 Å². The number of ether oxygens (including phenoxy) is 1. The van der Waals surface area contributed by atoms with E-state index in [0.29, 0.717) is 16.8 Å². The molecule has 1 amide bonds. The molecule has 0 radical (unpaired) electrons. The number of nitrogens with zero attached hydrogens (tertiary/aromatic N) is 1. The first-order valence-electron chi connectivity index (χ1n) is 8.40. The molecule has 0 aliphatic carbocycles. The summed E-state index contributed by atoms with van der Waals surface area (Å²) in [4.78, 5) is 34.3. The van der Waals surface area contributed by atoms with E-state index in [9.17, 15) is 19.7 Å². The quantitative estimate of drug-likeness (QED) is 0.395. The first-order valence-corrected chi connectivity index (χ1v) is 8.40. The normalized spacial score (nSPS) is 10.1. The van der Waals surface area contributed by atoms with Gasteiger partial charge < -0.3 is 10.1 Å². The van der Waals surface area contributed by atoms with Crippen molar-refractivity contribution >= 4 is 23.3 Å². The van der Waals surface area contributed by atoms with Gasteiger partial charge in [-0.3, -0.25) is 14.9 Å². The molecule has 28 heavy (non-hydrogen) atoms. The second-order valence-electron chi connectivity index (χ2n) is 5.90. The summed E-state index contributed by atoms with van der Waals surface area (Å²) in [6.07, 6.45) is 0. The molecule has 0 saturated heterocycles. The van der Waals surface area contributed by atoms with Gasteiger partial charge in [0.15, 0.2) is 0 Å². The van der Waals surface area contributed by atoms with E-state index in [4.69, 9.17) is 4.74 Å². The molecule has 0 heterocycles. The first-order chi connectivity index (χ1) is 13.5. The van der Waals surface area contributed by atoms with Gasteiger partial charge >= 0.3 is 5.97 Å². The van der Waals surface area contributed by atoms with Crippen molar-refractivity contribution in [1.29, 1.82) is 0 Å². The Balaban J connectivity index is 1.56. The van der Waals surface area contributed by atoms with Gasteiger partial charge in [0.2, 0.25) is 0 Å². The number of esters is 1. The van der Waals surface area contributed by atoms with Gasteiger partial charge in [0, 0.05) is 23.4 Å². The molecule has 0 unspecified atom stereocenters. The predicted molar refractivity (Wildman–Crippen MR) is 103 cm³/mol. The molecule has 7 nitrogen and oxygen atoms in total. The number of non-ortho nitro benzene ring substituents is 1. The van der Waals surface area contributed by atoms with Crippen LogP contribution in [0.5, 0.6) is 0 Å². The van der Waals surface area contributed by atoms with Crippen molar-refractivity contribution in [2.24, 2.45) is 0 Å². The fourth-order valence-electron chi connectivity index (χ4n) is 2.43. The third-order valence-electron chi connectivity index (χ3n) is 3.93. The molecule has 3 aromatic carbocycles. The summed E-state index contributed by atoms with van der Waals surface area (Å²) >= 11 is 0. The number of anilines is 1. The summed E-state index contributed by atoms with van der Waals surface area (Å²) in [5.74, 6) is -0.818. The number of para-hydroxylation sites is 1. The second-order valence-corrected chi connectivity index (χ2v) is 5.90. The van der Waals surface area contributed by atoms with E-state index in [2.05, 4.69) is 5.32 Å². The lowest BCUT2D eigenvalue weighted by molar-refractivity contribution is -0.384. The van der Waals surface area contributed by atoms with E-state index in [1.54, 1.807) is 36.4 Å². The predicted octanol–water partition coefficient (Wildman–Crippen LogP) is 4.20. The SMILES string of the molecule is O=C(Nc1ccccc1)c1ccc(COC(=O)c2ccc([N+](=O)[O-])cc2)cc1. The Morgan fingerprint density at radius 1 is 0.857 bits per heavy atom. The highest BCUT2D eigenvalue weighted by Gasteiger charge is 2.11. The largest absolute Gasteiger partial charge is 0.457 e. The van der Waals surface area contributed by atoms with E-state index in [1.807, 2.05) is 18.2 Å². The highest BCUT2D eigenvalue weighted by atomic mass is 16.6. The number of nitro groups is 1. The third-order valence-corrected chi connectivity index (χ3v) is 3.93. The monoisotopic (exact) mass is 376 g/mol. The summed E-state index contributed by atoms with van der Waals surface area (Å²) in [5.41, 5.74) is 2.03. The molecular formula is C21H16N2O5. The van der Waals surface area contributed by atoms with Crippen LogP contribution in [0.4, 0.5) is 11.4 Å². The van der Waals surface area contributed by atoms with Crippen LogP contribution in [0.2, 0.25) is 0 Å². The molecule has 0 aromatic heterocycles. The van der Waals surface area contributed by atoms with Gasteiger partial charge in [0.1, 0.15) is 6.61 Å².